The SMILES string of the molecule is Cl[SiH](CC1C=Cc2ccccc21)CC1C=Cc2ccccc21. The molecule has 110 valence electrons. The Hall–Kier alpha value is -1.57. The number of allylic oxidation sites excluding steroid dienone is 2. The first kappa shape index (κ1) is 14.0. The smallest absolute Gasteiger partial charge is 0.142 e. The van der Waals surface area contributed by atoms with E-state index in [-0.39, 0.29) is 0 Å². The minimum absolute atomic E-state index is 0.533. The van der Waals surface area contributed by atoms with E-state index in [2.05, 4.69) is 72.8 Å². The maximum atomic E-state index is 6.85. The summed E-state index contributed by atoms with van der Waals surface area (Å²) in [7, 11) is -1.26. The van der Waals surface area contributed by atoms with Crippen molar-refractivity contribution >= 4 is 31.3 Å². The summed E-state index contributed by atoms with van der Waals surface area (Å²) in [6.07, 6.45) is 9.18. The maximum absolute atomic E-state index is 6.85. The Bertz CT molecular complexity index is 683. The molecule has 2 aliphatic rings. The van der Waals surface area contributed by atoms with Gasteiger partial charge in [-0.3, -0.25) is 0 Å². The van der Waals surface area contributed by atoms with E-state index in [0.29, 0.717) is 11.8 Å². The normalized spacial score (nSPS) is 22.6. The van der Waals surface area contributed by atoms with Gasteiger partial charge in [0.05, 0.1) is 0 Å². The molecule has 0 N–H and O–H groups in total. The summed E-state index contributed by atoms with van der Waals surface area (Å²) in [5, 5.41) is 0. The van der Waals surface area contributed by atoms with Crippen molar-refractivity contribution in [3.63, 3.8) is 0 Å². The summed E-state index contributed by atoms with van der Waals surface area (Å²) < 4.78 is 0. The Morgan fingerprint density at radius 1 is 0.727 bits per heavy atom. The fraction of sp³-hybridized carbons (Fsp3) is 0.200. The van der Waals surface area contributed by atoms with Gasteiger partial charge in [-0.05, 0) is 34.3 Å². The molecule has 4 rings (SSSR count). The molecule has 0 radical (unpaired) electrons. The molecule has 0 amide bonds. The Balaban J connectivity index is 1.44. The zero-order valence-electron chi connectivity index (χ0n) is 12.5. The van der Waals surface area contributed by atoms with Crippen LogP contribution >= 0.6 is 11.1 Å². The van der Waals surface area contributed by atoms with E-state index in [0.717, 1.165) is 12.1 Å². The largest absolute Gasteiger partial charge is 0.172 e. The van der Waals surface area contributed by atoms with Gasteiger partial charge in [-0.25, -0.2) is 0 Å². The lowest BCUT2D eigenvalue weighted by atomic mass is 10.0. The van der Waals surface area contributed by atoms with E-state index in [9.17, 15) is 0 Å². The zero-order chi connectivity index (χ0) is 14.9. The Morgan fingerprint density at radius 2 is 1.18 bits per heavy atom. The molecule has 2 aromatic rings. The molecule has 2 atom stereocenters. The second-order valence-corrected chi connectivity index (χ2v) is 10.2. The summed E-state index contributed by atoms with van der Waals surface area (Å²) in [6.45, 7) is 0. The Kier molecular flexibility index (Phi) is 3.77. The van der Waals surface area contributed by atoms with Gasteiger partial charge in [0.25, 0.3) is 0 Å². The van der Waals surface area contributed by atoms with Crippen LogP contribution in [0.2, 0.25) is 12.1 Å². The average molecular weight is 323 g/mol. The van der Waals surface area contributed by atoms with Crippen molar-refractivity contribution in [3.05, 3.63) is 82.9 Å². The highest BCUT2D eigenvalue weighted by Gasteiger charge is 2.25. The third-order valence-electron chi connectivity index (χ3n) is 4.83. The molecular formula is C20H19ClSi. The molecule has 0 fully saturated rings. The number of hydrogen-bond donors (Lipinski definition) is 0. The third-order valence-corrected chi connectivity index (χ3v) is 7.93. The lowest BCUT2D eigenvalue weighted by Gasteiger charge is -2.17. The van der Waals surface area contributed by atoms with Crippen molar-refractivity contribution in [2.45, 2.75) is 23.9 Å². The van der Waals surface area contributed by atoms with Crippen LogP contribution in [0.1, 0.15) is 34.1 Å². The van der Waals surface area contributed by atoms with Crippen LogP contribution in [0, 0.1) is 0 Å². The first-order valence-corrected chi connectivity index (χ1v) is 11.4. The first-order valence-electron chi connectivity index (χ1n) is 7.99. The van der Waals surface area contributed by atoms with Crippen LogP contribution in [-0.2, 0) is 0 Å². The van der Waals surface area contributed by atoms with E-state index >= 15 is 0 Å². The van der Waals surface area contributed by atoms with E-state index in [4.69, 9.17) is 11.1 Å². The molecular weight excluding hydrogens is 304 g/mol. The van der Waals surface area contributed by atoms with Gasteiger partial charge < -0.3 is 0 Å². The van der Waals surface area contributed by atoms with Crippen LogP contribution in [0.5, 0.6) is 0 Å². The quantitative estimate of drug-likeness (QED) is 0.510. The van der Waals surface area contributed by atoms with Crippen molar-refractivity contribution in [3.8, 4) is 0 Å². The lowest BCUT2D eigenvalue weighted by molar-refractivity contribution is 0.931. The summed E-state index contributed by atoms with van der Waals surface area (Å²) in [5.41, 5.74) is 5.67. The van der Waals surface area contributed by atoms with Crippen molar-refractivity contribution in [2.75, 3.05) is 0 Å². The van der Waals surface area contributed by atoms with Crippen LogP contribution in [0.15, 0.2) is 60.7 Å². The summed E-state index contributed by atoms with van der Waals surface area (Å²) in [6, 6.07) is 19.7. The molecule has 0 heterocycles. The summed E-state index contributed by atoms with van der Waals surface area (Å²) >= 11 is 6.85. The summed E-state index contributed by atoms with van der Waals surface area (Å²) in [5.74, 6) is 1.07. The topological polar surface area (TPSA) is 0 Å². The van der Waals surface area contributed by atoms with Crippen molar-refractivity contribution in [1.29, 1.82) is 0 Å². The van der Waals surface area contributed by atoms with Gasteiger partial charge >= 0.3 is 0 Å². The van der Waals surface area contributed by atoms with Crippen molar-refractivity contribution < 1.29 is 0 Å². The van der Waals surface area contributed by atoms with Crippen LogP contribution in [0.3, 0.4) is 0 Å². The standard InChI is InChI=1S/C20H19ClSi/c21-22(13-17-11-9-15-5-1-3-7-19(15)17)14-18-12-10-16-6-2-4-8-20(16)18/h1-12,17-18,22H,13-14H2. The number of fused-ring (bicyclic) bond motifs is 2. The third kappa shape index (κ3) is 2.60. The molecule has 0 aromatic heterocycles. The number of rotatable bonds is 4. The molecule has 0 nitrogen and oxygen atoms in total. The Morgan fingerprint density at radius 3 is 1.68 bits per heavy atom. The molecule has 0 spiro atoms. The summed E-state index contributed by atoms with van der Waals surface area (Å²) in [4.78, 5) is 0. The van der Waals surface area contributed by atoms with Crippen LogP contribution in [0.4, 0.5) is 0 Å². The van der Waals surface area contributed by atoms with Crippen LogP contribution in [0.25, 0.3) is 12.2 Å². The Labute approximate surface area is 138 Å². The highest BCUT2D eigenvalue weighted by atomic mass is 35.6. The fourth-order valence-electron chi connectivity index (χ4n) is 3.71. The zero-order valence-corrected chi connectivity index (χ0v) is 14.4. The van der Waals surface area contributed by atoms with Crippen LogP contribution in [-0.4, -0.2) is 8.11 Å². The van der Waals surface area contributed by atoms with Gasteiger partial charge in [-0.2, -0.15) is 11.1 Å². The molecule has 0 aliphatic heterocycles. The number of hydrogen-bond acceptors (Lipinski definition) is 0. The van der Waals surface area contributed by atoms with E-state index in [1.54, 1.807) is 0 Å². The second kappa shape index (κ2) is 5.90. The number of benzene rings is 2. The number of halogens is 1. The highest BCUT2D eigenvalue weighted by molar-refractivity contribution is 7.07. The van der Waals surface area contributed by atoms with Gasteiger partial charge in [0, 0.05) is 11.8 Å². The fourth-order valence-corrected chi connectivity index (χ4v) is 6.97. The molecule has 22 heavy (non-hydrogen) atoms. The van der Waals surface area contributed by atoms with Gasteiger partial charge in [-0.15, -0.1) is 0 Å². The van der Waals surface area contributed by atoms with Crippen molar-refractivity contribution in [2.24, 2.45) is 0 Å². The highest BCUT2D eigenvalue weighted by Crippen LogP contribution is 2.38. The molecule has 2 unspecified atom stereocenters. The van der Waals surface area contributed by atoms with E-state index in [1.165, 1.54) is 22.3 Å². The molecule has 0 saturated heterocycles. The molecule has 2 aliphatic carbocycles. The molecule has 2 heteroatoms. The monoisotopic (exact) mass is 322 g/mol. The average Bonchev–Trinajstić information content (AvgIpc) is 3.13. The minimum Gasteiger partial charge on any atom is -0.172 e. The molecule has 2 aromatic carbocycles. The van der Waals surface area contributed by atoms with Gasteiger partial charge in [0.1, 0.15) is 8.11 Å². The van der Waals surface area contributed by atoms with Crippen molar-refractivity contribution in [1.82, 2.24) is 0 Å². The molecule has 0 saturated carbocycles. The van der Waals surface area contributed by atoms with Gasteiger partial charge in [-0.1, -0.05) is 72.8 Å². The van der Waals surface area contributed by atoms with E-state index in [1.807, 2.05) is 0 Å². The first-order chi connectivity index (χ1) is 10.8. The van der Waals surface area contributed by atoms with E-state index < -0.39 is 8.11 Å². The minimum atomic E-state index is -1.26. The van der Waals surface area contributed by atoms with Gasteiger partial charge in [0.15, 0.2) is 0 Å². The lowest BCUT2D eigenvalue weighted by Crippen LogP contribution is -2.11. The van der Waals surface area contributed by atoms with Gasteiger partial charge in [0.2, 0.25) is 0 Å². The predicted molar refractivity (Wildman–Crippen MR) is 99.1 cm³/mol. The predicted octanol–water partition coefficient (Wildman–Crippen LogP) is 5.57. The molecule has 0 bridgehead atoms. The second-order valence-electron chi connectivity index (χ2n) is 6.26. The van der Waals surface area contributed by atoms with Crippen LogP contribution < -0.4 is 0 Å². The maximum Gasteiger partial charge on any atom is 0.142 e.